The zero-order valence-corrected chi connectivity index (χ0v) is 12.8. The second kappa shape index (κ2) is 6.08. The molecule has 0 unspecified atom stereocenters. The number of aromatic amines is 1. The number of nitrogens with zero attached hydrogens (tertiary/aromatic N) is 3. The molecule has 23 heavy (non-hydrogen) atoms. The molecule has 4 rings (SSSR count). The monoisotopic (exact) mass is 302 g/mol. The van der Waals surface area contributed by atoms with Crippen molar-refractivity contribution in [2.45, 2.75) is 18.9 Å². The lowest BCUT2D eigenvalue weighted by molar-refractivity contribution is 0.493. The van der Waals surface area contributed by atoms with Gasteiger partial charge in [0.1, 0.15) is 0 Å². The summed E-state index contributed by atoms with van der Waals surface area (Å²) in [5.41, 5.74) is 3.54. The number of fused-ring (bicyclic) bond motifs is 1. The maximum Gasteiger partial charge on any atom is 0.0607 e. The molecule has 4 nitrogen and oxygen atoms in total. The molecule has 4 aromatic rings. The van der Waals surface area contributed by atoms with Gasteiger partial charge in [-0.15, -0.1) is 0 Å². The summed E-state index contributed by atoms with van der Waals surface area (Å²) in [6.07, 6.45) is 13.5. The van der Waals surface area contributed by atoms with Gasteiger partial charge in [0.15, 0.2) is 0 Å². The summed E-state index contributed by atoms with van der Waals surface area (Å²) in [4.78, 5) is 12.0. The van der Waals surface area contributed by atoms with Crippen LogP contribution in [-0.2, 0) is 12.8 Å². The van der Waals surface area contributed by atoms with E-state index in [2.05, 4.69) is 74.5 Å². The van der Waals surface area contributed by atoms with E-state index in [9.17, 15) is 0 Å². The molecule has 0 saturated heterocycles. The van der Waals surface area contributed by atoms with Crippen LogP contribution in [0.5, 0.6) is 0 Å². The fraction of sp³-hybridized carbons (Fsp3) is 0.158. The van der Waals surface area contributed by atoms with E-state index in [1.54, 1.807) is 12.4 Å². The van der Waals surface area contributed by atoms with Gasteiger partial charge in [0.05, 0.1) is 5.69 Å². The Bertz CT molecular complexity index is 878. The van der Waals surface area contributed by atoms with Gasteiger partial charge in [0, 0.05) is 60.5 Å². The Morgan fingerprint density at radius 2 is 1.87 bits per heavy atom. The minimum atomic E-state index is 0.320. The van der Waals surface area contributed by atoms with Gasteiger partial charge in [-0.05, 0) is 30.2 Å². The Morgan fingerprint density at radius 3 is 2.70 bits per heavy atom. The van der Waals surface area contributed by atoms with Crippen LogP contribution in [0.3, 0.4) is 0 Å². The van der Waals surface area contributed by atoms with Crippen molar-refractivity contribution in [1.82, 2.24) is 19.5 Å². The van der Waals surface area contributed by atoms with E-state index in [0.717, 1.165) is 18.5 Å². The Morgan fingerprint density at radius 1 is 1.00 bits per heavy atom. The van der Waals surface area contributed by atoms with Gasteiger partial charge >= 0.3 is 0 Å². The van der Waals surface area contributed by atoms with Crippen molar-refractivity contribution in [1.29, 1.82) is 0 Å². The second-order valence-corrected chi connectivity index (χ2v) is 5.75. The summed E-state index contributed by atoms with van der Waals surface area (Å²) < 4.78 is 2.26. The highest BCUT2D eigenvalue weighted by molar-refractivity contribution is 5.83. The Hall–Kier alpha value is -2.88. The van der Waals surface area contributed by atoms with Crippen molar-refractivity contribution >= 4 is 10.9 Å². The highest BCUT2D eigenvalue weighted by Crippen LogP contribution is 2.24. The van der Waals surface area contributed by atoms with Crippen molar-refractivity contribution < 1.29 is 0 Å². The van der Waals surface area contributed by atoms with Crippen LogP contribution < -0.4 is 0 Å². The maximum absolute atomic E-state index is 4.44. The van der Waals surface area contributed by atoms with Gasteiger partial charge in [-0.1, -0.05) is 18.2 Å². The highest BCUT2D eigenvalue weighted by Gasteiger charge is 2.15. The van der Waals surface area contributed by atoms with E-state index in [-0.39, 0.29) is 0 Å². The van der Waals surface area contributed by atoms with E-state index < -0.39 is 0 Å². The van der Waals surface area contributed by atoms with Crippen molar-refractivity contribution in [2.24, 2.45) is 0 Å². The molecule has 0 aliphatic rings. The number of nitrogens with one attached hydrogen (secondary N) is 1. The number of rotatable bonds is 5. The predicted molar refractivity (Wildman–Crippen MR) is 91.2 cm³/mol. The number of aromatic nitrogens is 4. The van der Waals surface area contributed by atoms with Crippen LogP contribution >= 0.6 is 0 Å². The molecule has 114 valence electrons. The van der Waals surface area contributed by atoms with Crippen molar-refractivity contribution in [3.8, 4) is 0 Å². The molecule has 4 heteroatoms. The van der Waals surface area contributed by atoms with Crippen LogP contribution in [-0.4, -0.2) is 19.5 Å². The molecule has 1 N–H and O–H groups in total. The topological polar surface area (TPSA) is 46.5 Å². The Labute approximate surface area is 134 Å². The van der Waals surface area contributed by atoms with E-state index >= 15 is 0 Å². The number of para-hydroxylation sites is 1. The lowest BCUT2D eigenvalue weighted by atomic mass is 10.0. The molecule has 0 spiro atoms. The summed E-state index contributed by atoms with van der Waals surface area (Å²) in [5, 5.41) is 1.30. The first kappa shape index (κ1) is 13.8. The van der Waals surface area contributed by atoms with Gasteiger partial charge in [-0.3, -0.25) is 9.97 Å². The minimum absolute atomic E-state index is 0.320. The SMILES string of the molecule is c1ccc2c(C[C@H](Cc3cnccn3)n3cccc3)c[nH]c2c1. The second-order valence-electron chi connectivity index (χ2n) is 5.75. The summed E-state index contributed by atoms with van der Waals surface area (Å²) in [7, 11) is 0. The van der Waals surface area contributed by atoms with Gasteiger partial charge < -0.3 is 9.55 Å². The number of H-pyrrole nitrogens is 1. The number of hydrogen-bond donors (Lipinski definition) is 1. The highest BCUT2D eigenvalue weighted by atomic mass is 15.0. The first-order valence-electron chi connectivity index (χ1n) is 7.82. The van der Waals surface area contributed by atoms with Gasteiger partial charge in [0.25, 0.3) is 0 Å². The van der Waals surface area contributed by atoms with E-state index in [4.69, 9.17) is 0 Å². The average molecular weight is 302 g/mol. The molecule has 0 bridgehead atoms. The van der Waals surface area contributed by atoms with Gasteiger partial charge in [-0.25, -0.2) is 0 Å². The molecule has 0 aliphatic heterocycles. The third kappa shape index (κ3) is 2.88. The number of hydrogen-bond acceptors (Lipinski definition) is 2. The van der Waals surface area contributed by atoms with Gasteiger partial charge in [-0.2, -0.15) is 0 Å². The lowest BCUT2D eigenvalue weighted by Crippen LogP contribution is -2.14. The van der Waals surface area contributed by atoms with Crippen LogP contribution in [0.15, 0.2) is 73.6 Å². The average Bonchev–Trinajstić information content (AvgIpc) is 3.25. The molecule has 3 aromatic heterocycles. The molecule has 0 radical (unpaired) electrons. The van der Waals surface area contributed by atoms with Crippen molar-refractivity contribution in [3.63, 3.8) is 0 Å². The lowest BCUT2D eigenvalue weighted by Gasteiger charge is -2.18. The van der Waals surface area contributed by atoms with E-state index in [0.29, 0.717) is 6.04 Å². The van der Waals surface area contributed by atoms with Crippen LogP contribution in [0.2, 0.25) is 0 Å². The largest absolute Gasteiger partial charge is 0.361 e. The van der Waals surface area contributed by atoms with Crippen molar-refractivity contribution in [3.05, 3.63) is 84.8 Å². The smallest absolute Gasteiger partial charge is 0.0607 e. The van der Waals surface area contributed by atoms with Crippen LogP contribution in [0, 0.1) is 0 Å². The third-order valence-corrected chi connectivity index (χ3v) is 4.24. The summed E-state index contributed by atoms with van der Waals surface area (Å²) in [6, 6.07) is 12.9. The molecule has 0 amide bonds. The third-order valence-electron chi connectivity index (χ3n) is 4.24. The van der Waals surface area contributed by atoms with Crippen LogP contribution in [0.4, 0.5) is 0 Å². The zero-order chi connectivity index (χ0) is 15.5. The quantitative estimate of drug-likeness (QED) is 0.610. The van der Waals surface area contributed by atoms with Crippen LogP contribution in [0.25, 0.3) is 10.9 Å². The fourth-order valence-electron chi connectivity index (χ4n) is 3.11. The maximum atomic E-state index is 4.44. The van der Waals surface area contributed by atoms with Crippen molar-refractivity contribution in [2.75, 3.05) is 0 Å². The Kier molecular flexibility index (Phi) is 3.64. The van der Waals surface area contributed by atoms with E-state index in [1.807, 2.05) is 6.20 Å². The first-order valence-corrected chi connectivity index (χ1v) is 7.82. The summed E-state index contributed by atoms with van der Waals surface area (Å²) in [5.74, 6) is 0. The first-order chi connectivity index (χ1) is 11.4. The standard InChI is InChI=1S/C19H18N4/c1-2-6-19-18(5-1)15(13-22-19)11-17(23-9-3-4-10-23)12-16-14-20-7-8-21-16/h1-10,13-14,17,22H,11-12H2/t17-/m1/s1. The zero-order valence-electron chi connectivity index (χ0n) is 12.8. The molecule has 0 saturated carbocycles. The Balaban J connectivity index is 1.66. The fourth-order valence-corrected chi connectivity index (χ4v) is 3.11. The number of benzene rings is 1. The van der Waals surface area contributed by atoms with Gasteiger partial charge in [0.2, 0.25) is 0 Å². The van der Waals surface area contributed by atoms with E-state index in [1.165, 1.54) is 16.5 Å². The van der Waals surface area contributed by atoms with Crippen LogP contribution in [0.1, 0.15) is 17.3 Å². The molecular weight excluding hydrogens is 284 g/mol. The summed E-state index contributed by atoms with van der Waals surface area (Å²) in [6.45, 7) is 0. The molecule has 1 atom stereocenters. The molecule has 1 aromatic carbocycles. The molecule has 0 aliphatic carbocycles. The molecular formula is C19H18N4. The minimum Gasteiger partial charge on any atom is -0.361 e. The molecule has 3 heterocycles. The predicted octanol–water partition coefficient (Wildman–Crippen LogP) is 3.79. The molecule has 0 fully saturated rings. The normalized spacial score (nSPS) is 12.5. The summed E-state index contributed by atoms with van der Waals surface area (Å²) >= 11 is 0.